The molecule has 6 nitrogen and oxygen atoms in total. The summed E-state index contributed by atoms with van der Waals surface area (Å²) in [5.74, 6) is 0. The number of ether oxygens (including phenoxy) is 1. The first-order valence-corrected chi connectivity index (χ1v) is 7.80. The van der Waals surface area contributed by atoms with Crippen molar-refractivity contribution in [2.45, 2.75) is 11.8 Å². The average molecular weight is 297 g/mol. The van der Waals surface area contributed by atoms with Crippen LogP contribution in [0.1, 0.15) is 6.92 Å². The summed E-state index contributed by atoms with van der Waals surface area (Å²) in [6.45, 7) is 2.90. The topological polar surface area (TPSA) is 88.4 Å². The van der Waals surface area contributed by atoms with Gasteiger partial charge in [0.25, 0.3) is 0 Å². The lowest BCUT2D eigenvalue weighted by molar-refractivity contribution is 0.180. The molecular weight excluding hydrogens is 278 g/mol. The van der Waals surface area contributed by atoms with Gasteiger partial charge in [0.1, 0.15) is 4.90 Å². The molecule has 0 unspecified atom stereocenters. The molecule has 110 valence electrons. The number of benzene rings is 1. The Morgan fingerprint density at radius 1 is 1.40 bits per heavy atom. The molecule has 0 aliphatic heterocycles. The fraction of sp³-hybridized carbons (Fsp3) is 0.385. The Morgan fingerprint density at radius 3 is 2.80 bits per heavy atom. The van der Waals surface area contributed by atoms with E-state index in [4.69, 9.17) is 10.5 Å². The van der Waals surface area contributed by atoms with E-state index in [9.17, 15) is 8.42 Å². The molecule has 1 heterocycles. The third-order valence-electron chi connectivity index (χ3n) is 3.18. The van der Waals surface area contributed by atoms with Crippen LogP contribution in [0.15, 0.2) is 29.3 Å². The first-order valence-electron chi connectivity index (χ1n) is 6.36. The van der Waals surface area contributed by atoms with E-state index >= 15 is 0 Å². The molecule has 0 amide bonds. The van der Waals surface area contributed by atoms with Gasteiger partial charge in [-0.25, -0.2) is 8.42 Å². The van der Waals surface area contributed by atoms with E-state index in [1.807, 2.05) is 0 Å². The summed E-state index contributed by atoms with van der Waals surface area (Å²) in [4.78, 5) is 3.22. The SMILES string of the molecule is CCN(CCOC)S(=O)(=O)c1c[nH]c2cc(N)ccc12. The molecule has 0 aliphatic rings. The second-order valence-electron chi connectivity index (χ2n) is 4.45. The van der Waals surface area contributed by atoms with Crippen molar-refractivity contribution in [1.82, 2.24) is 9.29 Å². The number of hydrogen-bond acceptors (Lipinski definition) is 4. The molecule has 20 heavy (non-hydrogen) atoms. The third-order valence-corrected chi connectivity index (χ3v) is 5.20. The van der Waals surface area contributed by atoms with Crippen LogP contribution in [0.25, 0.3) is 10.9 Å². The Morgan fingerprint density at radius 2 is 2.15 bits per heavy atom. The molecule has 0 radical (unpaired) electrons. The molecule has 0 atom stereocenters. The normalized spacial score (nSPS) is 12.3. The Kier molecular flexibility index (Phi) is 4.32. The van der Waals surface area contributed by atoms with Crippen molar-refractivity contribution in [3.05, 3.63) is 24.4 Å². The minimum absolute atomic E-state index is 0.269. The number of hydrogen-bond donors (Lipinski definition) is 2. The number of aromatic nitrogens is 1. The Hall–Kier alpha value is -1.57. The van der Waals surface area contributed by atoms with Gasteiger partial charge in [-0.3, -0.25) is 0 Å². The first-order chi connectivity index (χ1) is 9.50. The fourth-order valence-electron chi connectivity index (χ4n) is 2.11. The number of H-pyrrole nitrogens is 1. The van der Waals surface area contributed by atoms with Gasteiger partial charge in [0, 0.05) is 43.0 Å². The zero-order chi connectivity index (χ0) is 14.8. The lowest BCUT2D eigenvalue weighted by Gasteiger charge is -2.19. The molecule has 0 bridgehead atoms. The Balaban J connectivity index is 2.45. The number of nitrogens with two attached hydrogens (primary N) is 1. The summed E-state index contributed by atoms with van der Waals surface area (Å²) in [7, 11) is -1.99. The maximum absolute atomic E-state index is 12.6. The van der Waals surface area contributed by atoms with Crippen molar-refractivity contribution >= 4 is 26.6 Å². The van der Waals surface area contributed by atoms with Gasteiger partial charge in [-0.05, 0) is 18.2 Å². The molecule has 0 aliphatic carbocycles. The van der Waals surface area contributed by atoms with Crippen molar-refractivity contribution in [3.8, 4) is 0 Å². The minimum Gasteiger partial charge on any atom is -0.399 e. The Labute approximate surface area is 118 Å². The van der Waals surface area contributed by atoms with E-state index in [2.05, 4.69) is 4.98 Å². The van der Waals surface area contributed by atoms with Gasteiger partial charge < -0.3 is 15.5 Å². The van der Waals surface area contributed by atoms with Gasteiger partial charge in [0.05, 0.1) is 6.61 Å². The highest BCUT2D eigenvalue weighted by Crippen LogP contribution is 2.26. The standard InChI is InChI=1S/C13H19N3O3S/c1-3-16(6-7-19-2)20(17,18)13-9-15-12-8-10(14)4-5-11(12)13/h4-5,8-9,15H,3,6-7,14H2,1-2H3. The number of nitrogen functional groups attached to an aromatic ring is 1. The average Bonchev–Trinajstić information content (AvgIpc) is 2.82. The third kappa shape index (κ3) is 2.65. The lowest BCUT2D eigenvalue weighted by atomic mass is 10.2. The number of nitrogens with one attached hydrogen (secondary N) is 1. The molecular formula is C13H19N3O3S. The summed E-state index contributed by atoms with van der Waals surface area (Å²) >= 11 is 0. The van der Waals surface area contributed by atoms with Crippen LogP contribution in [0, 0.1) is 0 Å². The van der Waals surface area contributed by atoms with Crippen LogP contribution in [0.2, 0.25) is 0 Å². The van der Waals surface area contributed by atoms with Crippen LogP contribution < -0.4 is 5.73 Å². The number of methoxy groups -OCH3 is 1. The molecule has 0 spiro atoms. The second kappa shape index (κ2) is 5.82. The van der Waals surface area contributed by atoms with Crippen LogP contribution in [-0.4, -0.2) is 44.5 Å². The number of likely N-dealkylation sites (N-methyl/N-ethyl adjacent to an activating group) is 1. The van der Waals surface area contributed by atoms with Crippen molar-refractivity contribution < 1.29 is 13.2 Å². The van der Waals surface area contributed by atoms with E-state index in [0.717, 1.165) is 0 Å². The lowest BCUT2D eigenvalue weighted by Crippen LogP contribution is -2.33. The van der Waals surface area contributed by atoms with Crippen LogP contribution in [0.5, 0.6) is 0 Å². The van der Waals surface area contributed by atoms with E-state index in [0.29, 0.717) is 36.3 Å². The molecule has 0 saturated carbocycles. The van der Waals surface area contributed by atoms with Gasteiger partial charge >= 0.3 is 0 Å². The molecule has 0 fully saturated rings. The predicted octanol–water partition coefficient (Wildman–Crippen LogP) is 1.41. The molecule has 2 aromatic rings. The maximum Gasteiger partial charge on any atom is 0.245 e. The summed E-state index contributed by atoms with van der Waals surface area (Å²) in [5.41, 5.74) is 7.00. The van der Waals surface area contributed by atoms with Gasteiger partial charge in [-0.1, -0.05) is 6.92 Å². The van der Waals surface area contributed by atoms with Crippen molar-refractivity contribution in [1.29, 1.82) is 0 Å². The van der Waals surface area contributed by atoms with E-state index in [-0.39, 0.29) is 4.90 Å². The first kappa shape index (κ1) is 14.8. The highest BCUT2D eigenvalue weighted by Gasteiger charge is 2.25. The zero-order valence-electron chi connectivity index (χ0n) is 11.6. The summed E-state index contributed by atoms with van der Waals surface area (Å²) in [6.07, 6.45) is 1.51. The highest BCUT2D eigenvalue weighted by atomic mass is 32.2. The van der Waals surface area contributed by atoms with E-state index in [1.165, 1.54) is 10.5 Å². The molecule has 1 aromatic heterocycles. The summed E-state index contributed by atoms with van der Waals surface area (Å²) < 4.78 is 31.7. The maximum atomic E-state index is 12.6. The number of nitrogens with zero attached hydrogens (tertiary/aromatic N) is 1. The summed E-state index contributed by atoms with van der Waals surface area (Å²) in [6, 6.07) is 5.14. The van der Waals surface area contributed by atoms with Crippen molar-refractivity contribution in [3.63, 3.8) is 0 Å². The Bertz CT molecular complexity index is 694. The van der Waals surface area contributed by atoms with Crippen molar-refractivity contribution in [2.75, 3.05) is 32.5 Å². The van der Waals surface area contributed by atoms with Gasteiger partial charge in [0.15, 0.2) is 0 Å². The molecule has 2 rings (SSSR count). The second-order valence-corrected chi connectivity index (χ2v) is 6.35. The molecule has 0 saturated heterocycles. The largest absolute Gasteiger partial charge is 0.399 e. The monoisotopic (exact) mass is 297 g/mol. The van der Waals surface area contributed by atoms with Crippen LogP contribution in [-0.2, 0) is 14.8 Å². The van der Waals surface area contributed by atoms with E-state index in [1.54, 1.807) is 32.2 Å². The number of aromatic amines is 1. The molecule has 7 heteroatoms. The number of rotatable bonds is 6. The number of anilines is 1. The predicted molar refractivity (Wildman–Crippen MR) is 79.0 cm³/mol. The van der Waals surface area contributed by atoms with Gasteiger partial charge in [0.2, 0.25) is 10.0 Å². The smallest absolute Gasteiger partial charge is 0.245 e. The minimum atomic E-state index is -3.54. The zero-order valence-corrected chi connectivity index (χ0v) is 12.4. The van der Waals surface area contributed by atoms with Gasteiger partial charge in [-0.2, -0.15) is 4.31 Å². The molecule has 1 aromatic carbocycles. The van der Waals surface area contributed by atoms with Crippen LogP contribution in [0.3, 0.4) is 0 Å². The highest BCUT2D eigenvalue weighted by molar-refractivity contribution is 7.89. The fourth-order valence-corrected chi connectivity index (χ4v) is 3.71. The van der Waals surface area contributed by atoms with E-state index < -0.39 is 10.0 Å². The number of fused-ring (bicyclic) bond motifs is 1. The summed E-state index contributed by atoms with van der Waals surface area (Å²) in [5, 5.41) is 0.648. The van der Waals surface area contributed by atoms with Crippen molar-refractivity contribution in [2.24, 2.45) is 0 Å². The van der Waals surface area contributed by atoms with Gasteiger partial charge in [-0.15, -0.1) is 0 Å². The molecule has 3 N–H and O–H groups in total. The quantitative estimate of drug-likeness (QED) is 0.789. The number of sulfonamides is 1. The van der Waals surface area contributed by atoms with Crippen LogP contribution in [0.4, 0.5) is 5.69 Å². The van der Waals surface area contributed by atoms with Crippen LogP contribution >= 0.6 is 0 Å².